The van der Waals surface area contributed by atoms with E-state index in [0.29, 0.717) is 5.69 Å². The van der Waals surface area contributed by atoms with Gasteiger partial charge >= 0.3 is 0 Å². The highest BCUT2D eigenvalue weighted by atomic mass is 32.2. The molecule has 0 aliphatic heterocycles. The second-order valence-corrected chi connectivity index (χ2v) is 10.8. The van der Waals surface area contributed by atoms with Crippen molar-refractivity contribution >= 4 is 56.5 Å². The van der Waals surface area contributed by atoms with Crippen LogP contribution in [0.3, 0.4) is 0 Å². The van der Waals surface area contributed by atoms with E-state index in [1.54, 1.807) is 19.2 Å². The third-order valence-electron chi connectivity index (χ3n) is 3.43. The van der Waals surface area contributed by atoms with Crippen LogP contribution in [0, 0.1) is 0 Å². The predicted octanol–water partition coefficient (Wildman–Crippen LogP) is 3.02. The summed E-state index contributed by atoms with van der Waals surface area (Å²) in [6, 6.07) is 6.02. The average molecular weight is 433 g/mol. The van der Waals surface area contributed by atoms with Gasteiger partial charge in [-0.25, -0.2) is 8.42 Å². The number of carbonyl (C=O) groups is 1. The maximum atomic E-state index is 12.4. The van der Waals surface area contributed by atoms with Crippen LogP contribution in [-0.4, -0.2) is 53.9 Å². The molecule has 2 rings (SSSR count). The summed E-state index contributed by atoms with van der Waals surface area (Å²) in [4.78, 5) is 12.2. The van der Waals surface area contributed by atoms with Crippen molar-refractivity contribution in [1.29, 1.82) is 0 Å². The normalized spacial score (nSPS) is 11.9. The SMILES string of the molecule is CSc1nnc(SCC(=O)Nc2ccc(S(=O)(=O)N(C)C(C)C)cc2)s1. The van der Waals surface area contributed by atoms with Crippen molar-refractivity contribution in [2.75, 3.05) is 24.4 Å². The zero-order valence-electron chi connectivity index (χ0n) is 14.8. The Labute approximate surface area is 166 Å². The number of hydrogen-bond acceptors (Lipinski definition) is 8. The number of benzene rings is 1. The molecule has 0 spiro atoms. The van der Waals surface area contributed by atoms with E-state index in [9.17, 15) is 13.2 Å². The van der Waals surface area contributed by atoms with E-state index in [2.05, 4.69) is 15.5 Å². The summed E-state index contributed by atoms with van der Waals surface area (Å²) in [6.45, 7) is 3.62. The Morgan fingerprint density at radius 3 is 2.38 bits per heavy atom. The second kappa shape index (κ2) is 9.18. The lowest BCUT2D eigenvalue weighted by Gasteiger charge is -2.21. The smallest absolute Gasteiger partial charge is 0.243 e. The molecule has 142 valence electrons. The van der Waals surface area contributed by atoms with Crippen LogP contribution in [0.2, 0.25) is 0 Å². The minimum atomic E-state index is -3.53. The Morgan fingerprint density at radius 2 is 1.85 bits per heavy atom. The molecule has 26 heavy (non-hydrogen) atoms. The summed E-state index contributed by atoms with van der Waals surface area (Å²) in [7, 11) is -1.98. The van der Waals surface area contributed by atoms with Gasteiger partial charge in [0.2, 0.25) is 15.9 Å². The number of nitrogens with zero attached hydrogens (tertiary/aromatic N) is 3. The van der Waals surface area contributed by atoms with Crippen molar-refractivity contribution < 1.29 is 13.2 Å². The molecule has 0 fully saturated rings. The van der Waals surface area contributed by atoms with Gasteiger partial charge in [0.15, 0.2) is 8.68 Å². The zero-order valence-corrected chi connectivity index (χ0v) is 18.1. The fourth-order valence-corrected chi connectivity index (χ4v) is 5.42. The Balaban J connectivity index is 1.95. The first-order valence-electron chi connectivity index (χ1n) is 7.62. The molecular formula is C15H20N4O3S4. The molecule has 1 heterocycles. The lowest BCUT2D eigenvalue weighted by Crippen LogP contribution is -2.33. The number of thioether (sulfide) groups is 2. The number of carbonyl (C=O) groups excluding carboxylic acids is 1. The van der Waals surface area contributed by atoms with Crippen LogP contribution < -0.4 is 5.32 Å². The molecule has 0 saturated heterocycles. The first-order chi connectivity index (χ1) is 12.2. The van der Waals surface area contributed by atoms with Crippen LogP contribution in [0.25, 0.3) is 0 Å². The van der Waals surface area contributed by atoms with Gasteiger partial charge in [0.05, 0.1) is 10.6 Å². The average Bonchev–Trinajstić information content (AvgIpc) is 3.07. The Morgan fingerprint density at radius 1 is 1.23 bits per heavy atom. The molecule has 0 saturated carbocycles. The fourth-order valence-electron chi connectivity index (χ4n) is 1.82. The topological polar surface area (TPSA) is 92.3 Å². The van der Waals surface area contributed by atoms with Gasteiger partial charge in [-0.05, 0) is 44.4 Å². The molecule has 0 aliphatic rings. The van der Waals surface area contributed by atoms with Crippen molar-refractivity contribution in [3.05, 3.63) is 24.3 Å². The van der Waals surface area contributed by atoms with Crippen LogP contribution in [0.5, 0.6) is 0 Å². The minimum Gasteiger partial charge on any atom is -0.325 e. The minimum absolute atomic E-state index is 0.136. The first kappa shape index (κ1) is 21.2. The largest absolute Gasteiger partial charge is 0.325 e. The highest BCUT2D eigenvalue weighted by molar-refractivity contribution is 8.03. The maximum Gasteiger partial charge on any atom is 0.243 e. The van der Waals surface area contributed by atoms with Gasteiger partial charge < -0.3 is 5.32 Å². The summed E-state index contributed by atoms with van der Waals surface area (Å²) >= 11 is 4.27. The van der Waals surface area contributed by atoms with Crippen LogP contribution in [0.1, 0.15) is 13.8 Å². The van der Waals surface area contributed by atoms with E-state index < -0.39 is 10.0 Å². The second-order valence-electron chi connectivity index (χ2n) is 5.51. The van der Waals surface area contributed by atoms with Crippen molar-refractivity contribution in [1.82, 2.24) is 14.5 Å². The molecule has 2 aromatic rings. The Kier molecular flexibility index (Phi) is 7.47. The molecule has 0 unspecified atom stereocenters. The van der Waals surface area contributed by atoms with E-state index in [4.69, 9.17) is 0 Å². The highest BCUT2D eigenvalue weighted by Gasteiger charge is 2.22. The molecule has 0 aliphatic carbocycles. The van der Waals surface area contributed by atoms with Gasteiger partial charge in [0, 0.05) is 18.8 Å². The molecule has 1 N–H and O–H groups in total. The zero-order chi connectivity index (χ0) is 19.3. The van der Waals surface area contributed by atoms with Crippen molar-refractivity contribution in [2.24, 2.45) is 0 Å². The predicted molar refractivity (Wildman–Crippen MR) is 108 cm³/mol. The monoisotopic (exact) mass is 432 g/mol. The van der Waals surface area contributed by atoms with Gasteiger partial charge in [-0.3, -0.25) is 4.79 Å². The molecule has 1 aromatic carbocycles. The first-order valence-corrected chi connectivity index (χ1v) is 12.1. The van der Waals surface area contributed by atoms with Gasteiger partial charge in [-0.2, -0.15) is 4.31 Å². The molecule has 1 amide bonds. The number of hydrogen-bond donors (Lipinski definition) is 1. The quantitative estimate of drug-likeness (QED) is 0.641. The van der Waals surface area contributed by atoms with Gasteiger partial charge in [0.25, 0.3) is 0 Å². The number of sulfonamides is 1. The standard InChI is InChI=1S/C15H20N4O3S4/c1-10(2)19(3)26(21,22)12-7-5-11(6-8-12)16-13(20)9-24-15-18-17-14(23-4)25-15/h5-8,10H,9H2,1-4H3,(H,16,20). The molecule has 0 atom stereocenters. The van der Waals surface area contributed by atoms with Crippen LogP contribution in [-0.2, 0) is 14.8 Å². The molecule has 7 nitrogen and oxygen atoms in total. The highest BCUT2D eigenvalue weighted by Crippen LogP contribution is 2.27. The summed E-state index contributed by atoms with van der Waals surface area (Å²) in [5, 5.41) is 10.7. The summed E-state index contributed by atoms with van der Waals surface area (Å²) in [5.74, 6) is 0.0184. The molecule has 1 aromatic heterocycles. The molecule has 0 bridgehead atoms. The lowest BCUT2D eigenvalue weighted by molar-refractivity contribution is -0.113. The van der Waals surface area contributed by atoms with Crippen LogP contribution in [0.15, 0.2) is 37.8 Å². The number of aromatic nitrogens is 2. The third-order valence-corrected chi connectivity index (χ3v) is 8.51. The number of rotatable bonds is 8. The molecule has 0 radical (unpaired) electrons. The molecular weight excluding hydrogens is 412 g/mol. The van der Waals surface area contributed by atoms with Crippen molar-refractivity contribution in [3.8, 4) is 0 Å². The summed E-state index contributed by atoms with van der Waals surface area (Å²) in [6.07, 6.45) is 1.92. The number of anilines is 1. The fraction of sp³-hybridized carbons (Fsp3) is 0.400. The Hall–Kier alpha value is -1.14. The van der Waals surface area contributed by atoms with E-state index >= 15 is 0 Å². The van der Waals surface area contributed by atoms with Gasteiger partial charge in [-0.15, -0.1) is 10.2 Å². The number of amides is 1. The summed E-state index contributed by atoms with van der Waals surface area (Å²) < 4.78 is 27.7. The van der Waals surface area contributed by atoms with E-state index in [1.807, 2.05) is 20.1 Å². The lowest BCUT2D eigenvalue weighted by atomic mass is 10.3. The van der Waals surface area contributed by atoms with Gasteiger partial charge in [0.1, 0.15) is 0 Å². The van der Waals surface area contributed by atoms with Crippen LogP contribution in [0.4, 0.5) is 5.69 Å². The summed E-state index contributed by atoms with van der Waals surface area (Å²) in [5.41, 5.74) is 0.545. The number of nitrogens with one attached hydrogen (secondary N) is 1. The van der Waals surface area contributed by atoms with E-state index in [0.717, 1.165) is 8.68 Å². The molecule has 11 heteroatoms. The van der Waals surface area contributed by atoms with Crippen LogP contribution >= 0.6 is 34.9 Å². The third kappa shape index (κ3) is 5.43. The van der Waals surface area contributed by atoms with E-state index in [1.165, 1.54) is 51.3 Å². The van der Waals surface area contributed by atoms with Crippen molar-refractivity contribution in [3.63, 3.8) is 0 Å². The Bertz CT molecular complexity index is 850. The van der Waals surface area contributed by atoms with E-state index in [-0.39, 0.29) is 22.6 Å². The maximum absolute atomic E-state index is 12.4. The van der Waals surface area contributed by atoms with Gasteiger partial charge in [-0.1, -0.05) is 34.9 Å². The van der Waals surface area contributed by atoms with Crippen molar-refractivity contribution in [2.45, 2.75) is 33.5 Å².